The lowest BCUT2D eigenvalue weighted by atomic mass is 9.99. The van der Waals surface area contributed by atoms with Crippen LogP contribution in [0.4, 0.5) is 11.6 Å². The molecule has 0 aliphatic rings. The minimum Gasteiger partial charge on any atom is -0.467 e. The van der Waals surface area contributed by atoms with Gasteiger partial charge in [0.15, 0.2) is 28.4 Å². The number of aliphatic imine (C=N–C) groups is 1. The monoisotopic (exact) mass is 671 g/mol. The number of anilines is 2. The van der Waals surface area contributed by atoms with Gasteiger partial charge in [-0.15, -0.1) is 0 Å². The Morgan fingerprint density at radius 2 is 1.48 bits per heavy atom. The first kappa shape index (κ1) is 35.3. The predicted molar refractivity (Wildman–Crippen MR) is 185 cm³/mol. The molecule has 2 aromatic carbocycles. The summed E-state index contributed by atoms with van der Waals surface area (Å²) in [7, 11) is 1.31. The quantitative estimate of drug-likeness (QED) is 0.0571. The van der Waals surface area contributed by atoms with Gasteiger partial charge in [0.2, 0.25) is 5.91 Å². The lowest BCUT2D eigenvalue weighted by Gasteiger charge is -2.16. The molecule has 0 aliphatic carbocycles. The van der Waals surface area contributed by atoms with Crippen molar-refractivity contribution in [2.24, 2.45) is 10.7 Å². The van der Waals surface area contributed by atoms with E-state index in [0.717, 1.165) is 41.5 Å². The number of rotatable bonds is 14. The van der Waals surface area contributed by atoms with Crippen molar-refractivity contribution >= 4 is 47.0 Å². The highest BCUT2D eigenvalue weighted by atomic mass is 35.5. The number of aromatic nitrogens is 3. The Hall–Kier alpha value is -5.56. The minimum atomic E-state index is -0.763. The van der Waals surface area contributed by atoms with Gasteiger partial charge >= 0.3 is 5.97 Å². The van der Waals surface area contributed by atoms with Crippen molar-refractivity contribution in [3.8, 4) is 11.1 Å². The number of nitrogen functional groups attached to an aromatic ring is 2. The molecule has 2 amide bonds. The number of carbonyl (C=O) groups excluding carboxylic acids is 3. The molecular weight excluding hydrogens is 634 g/mol. The van der Waals surface area contributed by atoms with Crippen LogP contribution in [0.5, 0.6) is 0 Å². The smallest absolute Gasteiger partial charge is 0.328 e. The maximum absolute atomic E-state index is 12.6. The summed E-state index contributed by atoms with van der Waals surface area (Å²) >= 11 is 5.82. The van der Waals surface area contributed by atoms with Crippen LogP contribution in [0.1, 0.15) is 46.4 Å². The number of hydrogen-bond acceptors (Lipinski definition) is 10. The van der Waals surface area contributed by atoms with Gasteiger partial charge in [0.25, 0.3) is 5.91 Å². The van der Waals surface area contributed by atoms with Crippen LogP contribution in [0.25, 0.3) is 11.1 Å². The average molecular weight is 672 g/mol. The number of guanidine groups is 1. The number of unbranched alkanes of at least 4 members (excludes halogenated alkanes) is 1. The van der Waals surface area contributed by atoms with Crippen molar-refractivity contribution in [3.05, 3.63) is 101 Å². The second kappa shape index (κ2) is 17.4. The third-order valence-electron chi connectivity index (χ3n) is 7.41. The Kier molecular flexibility index (Phi) is 12.8. The van der Waals surface area contributed by atoms with Crippen LogP contribution < -0.4 is 27.8 Å². The molecular formula is C34H38ClN9O4. The lowest BCUT2D eigenvalue weighted by molar-refractivity contribution is -0.145. The van der Waals surface area contributed by atoms with E-state index in [1.807, 2.05) is 24.3 Å². The molecule has 0 unspecified atom stereocenters. The molecule has 2 heterocycles. The van der Waals surface area contributed by atoms with E-state index in [1.165, 1.54) is 12.7 Å². The molecule has 48 heavy (non-hydrogen) atoms. The van der Waals surface area contributed by atoms with Crippen molar-refractivity contribution in [3.63, 3.8) is 0 Å². The summed E-state index contributed by atoms with van der Waals surface area (Å²) in [6.07, 6.45) is 6.90. The fourth-order valence-electron chi connectivity index (χ4n) is 4.81. The fourth-order valence-corrected chi connectivity index (χ4v) is 4.93. The number of pyridine rings is 1. The Balaban J connectivity index is 1.18. The van der Waals surface area contributed by atoms with Crippen LogP contribution in [0.3, 0.4) is 0 Å². The van der Waals surface area contributed by atoms with Crippen molar-refractivity contribution in [1.82, 2.24) is 25.6 Å². The van der Waals surface area contributed by atoms with E-state index < -0.39 is 17.9 Å². The predicted octanol–water partition coefficient (Wildman–Crippen LogP) is 3.26. The summed E-state index contributed by atoms with van der Waals surface area (Å²) < 4.78 is 4.88. The molecule has 2 aromatic heterocycles. The molecule has 0 fully saturated rings. The Bertz CT molecular complexity index is 1730. The molecule has 0 saturated carbocycles. The third-order valence-corrected chi connectivity index (χ3v) is 7.69. The van der Waals surface area contributed by atoms with Gasteiger partial charge in [-0.1, -0.05) is 60.1 Å². The third kappa shape index (κ3) is 10.5. The van der Waals surface area contributed by atoms with E-state index in [2.05, 4.69) is 54.8 Å². The standard InChI is InChI=1S/C34H38ClN9O4/c1-48-33(47)26(20-23-15-18-39-19-16-23)41-27(45)14-9-22-7-12-25(13-8-22)24-10-5-21(6-11-24)4-2-3-17-40-34(38)44-32(46)28-30(36)43-31(37)29(35)42-28/h5-8,10-13,15-16,18-19,26H,2-4,9,14,17,20H2,1H3,(H,41,45)(H4,36,37,43)(H3,38,40,44,46)/t26-/m1/s1. The Morgan fingerprint density at radius 1 is 0.854 bits per heavy atom. The Morgan fingerprint density at radius 3 is 2.10 bits per heavy atom. The molecule has 0 radical (unpaired) electrons. The SMILES string of the molecule is COC(=O)[C@@H](Cc1ccncc1)NC(=O)CCc1ccc(-c2ccc(CCCCN=C(N)NC(=O)c3nc(Cl)c(N)nc3N)cc2)cc1. The Labute approximate surface area is 283 Å². The van der Waals surface area contributed by atoms with Crippen LogP contribution in [0.15, 0.2) is 78.0 Å². The first-order chi connectivity index (χ1) is 23.1. The molecule has 4 aromatic rings. The van der Waals surface area contributed by atoms with E-state index in [1.54, 1.807) is 24.5 Å². The van der Waals surface area contributed by atoms with Crippen LogP contribution in [0.2, 0.25) is 5.15 Å². The highest BCUT2D eigenvalue weighted by molar-refractivity contribution is 6.31. The molecule has 0 aliphatic heterocycles. The second-order valence-electron chi connectivity index (χ2n) is 10.9. The molecule has 14 heteroatoms. The number of nitrogens with zero attached hydrogens (tertiary/aromatic N) is 4. The number of halogens is 1. The zero-order chi connectivity index (χ0) is 34.5. The van der Waals surface area contributed by atoms with E-state index in [4.69, 9.17) is 33.5 Å². The van der Waals surface area contributed by atoms with Gasteiger partial charge in [0.1, 0.15) is 6.04 Å². The number of hydrogen-bond donors (Lipinski definition) is 5. The highest BCUT2D eigenvalue weighted by Crippen LogP contribution is 2.22. The van der Waals surface area contributed by atoms with Crippen molar-refractivity contribution in [2.45, 2.75) is 44.6 Å². The van der Waals surface area contributed by atoms with E-state index in [-0.39, 0.29) is 40.8 Å². The van der Waals surface area contributed by atoms with Gasteiger partial charge in [0.05, 0.1) is 7.11 Å². The topological polar surface area (TPSA) is 214 Å². The van der Waals surface area contributed by atoms with Gasteiger partial charge in [-0.3, -0.25) is 24.9 Å². The molecule has 1 atom stereocenters. The average Bonchev–Trinajstić information content (AvgIpc) is 3.09. The molecule has 13 nitrogen and oxygen atoms in total. The highest BCUT2D eigenvalue weighted by Gasteiger charge is 2.22. The number of carbonyl (C=O) groups is 3. The number of amides is 2. The second-order valence-corrected chi connectivity index (χ2v) is 11.3. The number of esters is 1. The molecule has 8 N–H and O–H groups in total. The first-order valence-electron chi connectivity index (χ1n) is 15.3. The van der Waals surface area contributed by atoms with E-state index in [0.29, 0.717) is 19.4 Å². The number of benzene rings is 2. The van der Waals surface area contributed by atoms with Gasteiger partial charge in [-0.05, 0) is 65.6 Å². The lowest BCUT2D eigenvalue weighted by Crippen LogP contribution is -2.43. The van der Waals surface area contributed by atoms with Gasteiger partial charge in [0, 0.05) is 31.8 Å². The van der Waals surface area contributed by atoms with Crippen molar-refractivity contribution in [2.75, 3.05) is 25.1 Å². The van der Waals surface area contributed by atoms with Crippen LogP contribution in [-0.4, -0.2) is 58.4 Å². The summed E-state index contributed by atoms with van der Waals surface area (Å²) in [5.74, 6) is -1.67. The van der Waals surface area contributed by atoms with Crippen LogP contribution in [0, 0.1) is 0 Å². The molecule has 0 spiro atoms. The van der Waals surface area contributed by atoms with Gasteiger partial charge in [-0.25, -0.2) is 14.8 Å². The zero-order valence-electron chi connectivity index (χ0n) is 26.5. The molecule has 0 saturated heterocycles. The molecule has 0 bridgehead atoms. The molecule has 250 valence electrons. The van der Waals surface area contributed by atoms with Crippen LogP contribution >= 0.6 is 11.6 Å². The summed E-state index contributed by atoms with van der Waals surface area (Å²) in [4.78, 5) is 53.0. The van der Waals surface area contributed by atoms with Crippen molar-refractivity contribution in [1.29, 1.82) is 0 Å². The number of aryl methyl sites for hydroxylation is 2. The first-order valence-corrected chi connectivity index (χ1v) is 15.6. The summed E-state index contributed by atoms with van der Waals surface area (Å²) in [6, 6.07) is 19.3. The van der Waals surface area contributed by atoms with Gasteiger partial charge in [-0.2, -0.15) is 0 Å². The fraction of sp³-hybridized carbons (Fsp3) is 0.265. The maximum Gasteiger partial charge on any atom is 0.328 e. The summed E-state index contributed by atoms with van der Waals surface area (Å²) in [5, 5.41) is 5.09. The van der Waals surface area contributed by atoms with E-state index >= 15 is 0 Å². The number of methoxy groups -OCH3 is 1. The summed E-state index contributed by atoms with van der Waals surface area (Å²) in [6.45, 7) is 0.430. The van der Waals surface area contributed by atoms with E-state index in [9.17, 15) is 14.4 Å². The summed E-state index contributed by atoms with van der Waals surface area (Å²) in [5.41, 5.74) is 22.1. The number of nitrogens with one attached hydrogen (secondary N) is 2. The van der Waals surface area contributed by atoms with Gasteiger partial charge < -0.3 is 27.3 Å². The molecule has 4 rings (SSSR count). The number of nitrogens with two attached hydrogens (primary N) is 3. The normalized spacial score (nSPS) is 11.8. The van der Waals surface area contributed by atoms with Crippen molar-refractivity contribution < 1.29 is 19.1 Å². The number of ether oxygens (including phenoxy) is 1. The maximum atomic E-state index is 12.6. The largest absolute Gasteiger partial charge is 0.467 e. The zero-order valence-corrected chi connectivity index (χ0v) is 27.2. The van der Waals surface area contributed by atoms with Crippen LogP contribution in [-0.2, 0) is 33.6 Å². The minimum absolute atomic E-state index is 0.0584.